The second kappa shape index (κ2) is 6.79. The summed E-state index contributed by atoms with van der Waals surface area (Å²) in [5.41, 5.74) is 2.72. The molecule has 0 bridgehead atoms. The zero-order chi connectivity index (χ0) is 17.2. The molecule has 8 heteroatoms. The van der Waals surface area contributed by atoms with Gasteiger partial charge in [0.1, 0.15) is 5.52 Å². The molecule has 0 unspecified atom stereocenters. The third kappa shape index (κ3) is 3.48. The monoisotopic (exact) mass is 340 g/mol. The Kier molecular flexibility index (Phi) is 4.35. The predicted octanol–water partition coefficient (Wildman–Crippen LogP) is 2.42. The predicted molar refractivity (Wildman–Crippen MR) is 96.9 cm³/mol. The Morgan fingerprint density at radius 1 is 1.32 bits per heavy atom. The van der Waals surface area contributed by atoms with Gasteiger partial charge in [-0.25, -0.2) is 14.6 Å². The van der Waals surface area contributed by atoms with Crippen LogP contribution in [-0.4, -0.2) is 43.0 Å². The smallest absolute Gasteiger partial charge is 0.178 e. The normalized spacial score (nSPS) is 18.1. The first-order valence-electron chi connectivity index (χ1n) is 8.90. The van der Waals surface area contributed by atoms with E-state index in [9.17, 15) is 0 Å². The highest BCUT2D eigenvalue weighted by Crippen LogP contribution is 2.20. The molecule has 0 aromatic carbocycles. The topological polar surface area (TPSA) is 96.3 Å². The molecule has 1 fully saturated rings. The number of anilines is 2. The minimum absolute atomic E-state index is 0.405. The van der Waals surface area contributed by atoms with Crippen LogP contribution in [0.3, 0.4) is 0 Å². The maximum Gasteiger partial charge on any atom is 0.178 e. The highest BCUT2D eigenvalue weighted by molar-refractivity contribution is 5.71. The summed E-state index contributed by atoms with van der Waals surface area (Å²) in [5.74, 6) is 2.43. The van der Waals surface area contributed by atoms with Crippen LogP contribution < -0.4 is 10.6 Å². The van der Waals surface area contributed by atoms with Crippen molar-refractivity contribution >= 4 is 22.8 Å². The van der Waals surface area contributed by atoms with Crippen LogP contribution in [0.25, 0.3) is 11.2 Å². The number of rotatable bonds is 5. The summed E-state index contributed by atoms with van der Waals surface area (Å²) in [4.78, 5) is 9.17. The summed E-state index contributed by atoms with van der Waals surface area (Å²) in [6.45, 7) is 7.28. The average Bonchev–Trinajstić information content (AvgIpc) is 3.24. The SMILES string of the molecule is CC(C)c1cc(Nc2cnc3cnn(C[C@@H]4CCCNC4)c3n2)n[nH]1. The molecule has 3 aromatic rings. The third-order valence-corrected chi connectivity index (χ3v) is 4.65. The van der Waals surface area contributed by atoms with Gasteiger partial charge in [-0.05, 0) is 37.8 Å². The number of nitrogens with one attached hydrogen (secondary N) is 3. The van der Waals surface area contributed by atoms with Gasteiger partial charge in [0.2, 0.25) is 0 Å². The molecule has 4 heterocycles. The van der Waals surface area contributed by atoms with E-state index in [4.69, 9.17) is 4.98 Å². The summed E-state index contributed by atoms with van der Waals surface area (Å²) in [5, 5.41) is 18.5. The molecule has 0 saturated carbocycles. The summed E-state index contributed by atoms with van der Waals surface area (Å²) in [6, 6.07) is 2.00. The molecular weight excluding hydrogens is 316 g/mol. The number of aromatic nitrogens is 6. The van der Waals surface area contributed by atoms with Gasteiger partial charge in [0.15, 0.2) is 17.3 Å². The highest BCUT2D eigenvalue weighted by Gasteiger charge is 2.16. The van der Waals surface area contributed by atoms with Crippen molar-refractivity contribution in [1.29, 1.82) is 0 Å². The Bertz CT molecular complexity index is 843. The van der Waals surface area contributed by atoms with Crippen molar-refractivity contribution in [3.05, 3.63) is 24.2 Å². The molecule has 3 N–H and O–H groups in total. The molecule has 0 aliphatic carbocycles. The van der Waals surface area contributed by atoms with Gasteiger partial charge in [0.25, 0.3) is 0 Å². The van der Waals surface area contributed by atoms with E-state index in [1.807, 2.05) is 10.7 Å². The second-order valence-corrected chi connectivity index (χ2v) is 6.99. The number of fused-ring (bicyclic) bond motifs is 1. The van der Waals surface area contributed by atoms with Crippen molar-refractivity contribution in [2.24, 2.45) is 5.92 Å². The van der Waals surface area contributed by atoms with Crippen LogP contribution in [-0.2, 0) is 6.54 Å². The molecule has 0 radical (unpaired) electrons. The van der Waals surface area contributed by atoms with E-state index in [0.29, 0.717) is 17.7 Å². The van der Waals surface area contributed by atoms with E-state index in [1.54, 1.807) is 12.4 Å². The summed E-state index contributed by atoms with van der Waals surface area (Å²) in [6.07, 6.45) is 5.96. The maximum absolute atomic E-state index is 4.70. The molecule has 1 aliphatic rings. The van der Waals surface area contributed by atoms with Crippen LogP contribution in [0.5, 0.6) is 0 Å². The first kappa shape index (κ1) is 16.0. The van der Waals surface area contributed by atoms with Crippen LogP contribution >= 0.6 is 0 Å². The van der Waals surface area contributed by atoms with Crippen LogP contribution in [0.15, 0.2) is 18.5 Å². The molecule has 4 rings (SSSR count). The molecule has 8 nitrogen and oxygen atoms in total. The second-order valence-electron chi connectivity index (χ2n) is 6.99. The fraction of sp³-hybridized carbons (Fsp3) is 0.529. The first-order valence-corrected chi connectivity index (χ1v) is 8.90. The van der Waals surface area contributed by atoms with Crippen LogP contribution in [0, 0.1) is 5.92 Å². The van der Waals surface area contributed by atoms with Gasteiger partial charge in [0.05, 0.1) is 12.4 Å². The van der Waals surface area contributed by atoms with Gasteiger partial charge in [0, 0.05) is 18.3 Å². The molecule has 0 spiro atoms. The largest absolute Gasteiger partial charge is 0.322 e. The van der Waals surface area contributed by atoms with Gasteiger partial charge in [-0.3, -0.25) is 5.10 Å². The maximum atomic E-state index is 4.70. The molecule has 1 aliphatic heterocycles. The van der Waals surface area contributed by atoms with Gasteiger partial charge in [-0.2, -0.15) is 10.2 Å². The lowest BCUT2D eigenvalue weighted by Gasteiger charge is -2.22. The Hall–Kier alpha value is -2.48. The van der Waals surface area contributed by atoms with Gasteiger partial charge in [-0.1, -0.05) is 13.8 Å². The van der Waals surface area contributed by atoms with Crippen LogP contribution in [0.4, 0.5) is 11.6 Å². The number of nitrogens with zero attached hydrogens (tertiary/aromatic N) is 5. The van der Waals surface area contributed by atoms with Crippen molar-refractivity contribution in [1.82, 2.24) is 35.3 Å². The van der Waals surface area contributed by atoms with E-state index in [1.165, 1.54) is 12.8 Å². The molecular formula is C17H24N8. The Balaban J connectivity index is 1.54. The molecule has 1 atom stereocenters. The van der Waals surface area contributed by atoms with E-state index in [2.05, 4.69) is 44.8 Å². The summed E-state index contributed by atoms with van der Waals surface area (Å²) < 4.78 is 1.97. The molecule has 3 aromatic heterocycles. The molecule has 132 valence electrons. The number of aromatic amines is 1. The van der Waals surface area contributed by atoms with Gasteiger partial charge in [-0.15, -0.1) is 0 Å². The van der Waals surface area contributed by atoms with Gasteiger partial charge < -0.3 is 10.6 Å². The number of piperidine rings is 1. The van der Waals surface area contributed by atoms with Crippen molar-refractivity contribution < 1.29 is 0 Å². The quantitative estimate of drug-likeness (QED) is 0.660. The Labute approximate surface area is 146 Å². The lowest BCUT2D eigenvalue weighted by atomic mass is 10.00. The zero-order valence-corrected chi connectivity index (χ0v) is 14.7. The average molecular weight is 340 g/mol. The minimum Gasteiger partial charge on any atom is -0.322 e. The van der Waals surface area contributed by atoms with E-state index >= 15 is 0 Å². The van der Waals surface area contributed by atoms with Crippen molar-refractivity contribution in [2.75, 3.05) is 18.4 Å². The lowest BCUT2D eigenvalue weighted by molar-refractivity contribution is 0.328. The number of hydrogen-bond donors (Lipinski definition) is 3. The Morgan fingerprint density at radius 2 is 2.24 bits per heavy atom. The fourth-order valence-electron chi connectivity index (χ4n) is 3.19. The van der Waals surface area contributed by atoms with Crippen molar-refractivity contribution in [3.63, 3.8) is 0 Å². The fourth-order valence-corrected chi connectivity index (χ4v) is 3.19. The van der Waals surface area contributed by atoms with Gasteiger partial charge >= 0.3 is 0 Å². The van der Waals surface area contributed by atoms with E-state index < -0.39 is 0 Å². The lowest BCUT2D eigenvalue weighted by Crippen LogP contribution is -2.32. The minimum atomic E-state index is 0.405. The number of hydrogen-bond acceptors (Lipinski definition) is 6. The zero-order valence-electron chi connectivity index (χ0n) is 14.7. The first-order chi connectivity index (χ1) is 12.2. The molecule has 0 amide bonds. The molecule has 25 heavy (non-hydrogen) atoms. The number of H-pyrrole nitrogens is 1. The van der Waals surface area contributed by atoms with E-state index in [-0.39, 0.29) is 0 Å². The van der Waals surface area contributed by atoms with Crippen molar-refractivity contribution in [3.8, 4) is 0 Å². The highest BCUT2D eigenvalue weighted by atomic mass is 15.3. The summed E-state index contributed by atoms with van der Waals surface area (Å²) >= 11 is 0. The van der Waals surface area contributed by atoms with Crippen molar-refractivity contribution in [2.45, 2.75) is 39.2 Å². The van der Waals surface area contributed by atoms with Crippen LogP contribution in [0.1, 0.15) is 38.3 Å². The van der Waals surface area contributed by atoms with Crippen LogP contribution in [0.2, 0.25) is 0 Å². The third-order valence-electron chi connectivity index (χ3n) is 4.65. The Morgan fingerprint density at radius 3 is 3.00 bits per heavy atom. The standard InChI is InChI=1S/C17H24N8/c1-11(2)13-6-15(24-23-13)21-16-9-19-14-8-20-25(17(14)22-16)10-12-4-3-5-18-7-12/h6,8-9,11-12,18H,3-5,7,10H2,1-2H3,(H2,21,22,23,24)/t12-/m1/s1. The summed E-state index contributed by atoms with van der Waals surface area (Å²) in [7, 11) is 0. The molecule has 1 saturated heterocycles. The van der Waals surface area contributed by atoms with E-state index in [0.717, 1.165) is 42.3 Å².